The van der Waals surface area contributed by atoms with Crippen molar-refractivity contribution < 1.29 is 9.47 Å². The fourth-order valence-corrected chi connectivity index (χ4v) is 4.26. The van der Waals surface area contributed by atoms with Crippen molar-refractivity contribution in [3.8, 4) is 17.0 Å². The zero-order chi connectivity index (χ0) is 19.2. The number of thiazole rings is 1. The molecular formula is C22H26BrN3O2S. The van der Waals surface area contributed by atoms with Crippen molar-refractivity contribution in [2.45, 2.75) is 6.54 Å². The number of hydrogen-bond acceptors (Lipinski definition) is 5. The minimum absolute atomic E-state index is 0. The Bertz CT molecular complexity index is 948. The predicted molar refractivity (Wildman–Crippen MR) is 124 cm³/mol. The standard InChI is InChI=1S/C22H25N3O2S.BrH/c1-26-20-9-7-18(8-10-20)21-17-28-22(23-19-5-3-2-4-6-19)25(21)12-11-24-13-15-27-16-14-24;/h2-10,17H,11-16H2,1H3;1H. The van der Waals surface area contributed by atoms with E-state index in [0.717, 1.165) is 55.6 Å². The molecule has 0 amide bonds. The van der Waals surface area contributed by atoms with Crippen molar-refractivity contribution in [3.63, 3.8) is 0 Å². The van der Waals surface area contributed by atoms with Crippen molar-refractivity contribution in [1.29, 1.82) is 0 Å². The van der Waals surface area contributed by atoms with Crippen LogP contribution in [0.4, 0.5) is 5.69 Å². The van der Waals surface area contributed by atoms with Crippen LogP contribution in [0.5, 0.6) is 5.75 Å². The van der Waals surface area contributed by atoms with Crippen LogP contribution in [-0.4, -0.2) is 49.4 Å². The Morgan fingerprint density at radius 2 is 1.72 bits per heavy atom. The SMILES string of the molecule is Br.COc1ccc(-c2csc(=Nc3ccccc3)n2CCN2CCOCC2)cc1. The van der Waals surface area contributed by atoms with Gasteiger partial charge in [0.05, 0.1) is 31.7 Å². The van der Waals surface area contributed by atoms with Crippen LogP contribution in [0.2, 0.25) is 0 Å². The first-order valence-electron chi connectivity index (χ1n) is 9.56. The van der Waals surface area contributed by atoms with Crippen LogP contribution >= 0.6 is 28.3 Å². The van der Waals surface area contributed by atoms with E-state index >= 15 is 0 Å². The van der Waals surface area contributed by atoms with Gasteiger partial charge >= 0.3 is 0 Å². The van der Waals surface area contributed by atoms with Crippen LogP contribution in [0.25, 0.3) is 11.3 Å². The fourth-order valence-electron chi connectivity index (χ4n) is 3.31. The van der Waals surface area contributed by atoms with E-state index in [9.17, 15) is 0 Å². The molecule has 0 saturated carbocycles. The summed E-state index contributed by atoms with van der Waals surface area (Å²) < 4.78 is 13.1. The zero-order valence-electron chi connectivity index (χ0n) is 16.5. The zero-order valence-corrected chi connectivity index (χ0v) is 19.0. The maximum absolute atomic E-state index is 5.48. The minimum atomic E-state index is 0. The van der Waals surface area contributed by atoms with Crippen molar-refractivity contribution in [1.82, 2.24) is 9.47 Å². The van der Waals surface area contributed by atoms with Gasteiger partial charge in [0, 0.05) is 31.6 Å². The fraction of sp³-hybridized carbons (Fsp3) is 0.318. The molecule has 0 unspecified atom stereocenters. The van der Waals surface area contributed by atoms with E-state index in [1.165, 1.54) is 11.3 Å². The summed E-state index contributed by atoms with van der Waals surface area (Å²) in [6.07, 6.45) is 0. The van der Waals surface area contributed by atoms with E-state index in [-0.39, 0.29) is 17.0 Å². The first kappa shape index (κ1) is 21.8. The van der Waals surface area contributed by atoms with Gasteiger partial charge in [-0.15, -0.1) is 28.3 Å². The van der Waals surface area contributed by atoms with E-state index in [1.54, 1.807) is 18.4 Å². The van der Waals surface area contributed by atoms with Crippen LogP contribution in [0.15, 0.2) is 65.0 Å². The van der Waals surface area contributed by atoms with E-state index in [2.05, 4.69) is 27.0 Å². The minimum Gasteiger partial charge on any atom is -0.497 e. The van der Waals surface area contributed by atoms with Crippen LogP contribution in [0.1, 0.15) is 0 Å². The summed E-state index contributed by atoms with van der Waals surface area (Å²) >= 11 is 1.68. The Labute approximate surface area is 186 Å². The molecule has 4 rings (SSSR count). The monoisotopic (exact) mass is 475 g/mol. The molecule has 5 nitrogen and oxygen atoms in total. The molecule has 29 heavy (non-hydrogen) atoms. The molecule has 154 valence electrons. The van der Waals surface area contributed by atoms with Crippen molar-refractivity contribution in [2.24, 2.45) is 4.99 Å². The van der Waals surface area contributed by atoms with E-state index < -0.39 is 0 Å². The highest BCUT2D eigenvalue weighted by Crippen LogP contribution is 2.23. The number of para-hydroxylation sites is 1. The van der Waals surface area contributed by atoms with Crippen molar-refractivity contribution >= 4 is 34.0 Å². The third-order valence-corrected chi connectivity index (χ3v) is 5.77. The molecule has 1 saturated heterocycles. The molecule has 2 aromatic carbocycles. The molecule has 1 fully saturated rings. The van der Waals surface area contributed by atoms with Gasteiger partial charge in [-0.1, -0.05) is 18.2 Å². The Morgan fingerprint density at radius 3 is 2.41 bits per heavy atom. The number of hydrogen-bond donors (Lipinski definition) is 0. The third kappa shape index (κ3) is 5.57. The van der Waals surface area contributed by atoms with Crippen LogP contribution < -0.4 is 9.54 Å². The number of aromatic nitrogens is 1. The predicted octanol–water partition coefficient (Wildman–Crippen LogP) is 4.37. The molecule has 1 aliphatic heterocycles. The Kier molecular flexibility index (Phi) is 8.06. The summed E-state index contributed by atoms with van der Waals surface area (Å²) in [5.74, 6) is 0.869. The highest BCUT2D eigenvalue weighted by Gasteiger charge is 2.13. The molecule has 0 bridgehead atoms. The van der Waals surface area contributed by atoms with Crippen molar-refractivity contribution in [2.75, 3.05) is 40.0 Å². The van der Waals surface area contributed by atoms with Crippen molar-refractivity contribution in [3.05, 3.63) is 64.8 Å². The second kappa shape index (κ2) is 10.7. The average molecular weight is 476 g/mol. The molecular weight excluding hydrogens is 450 g/mol. The molecule has 2 heterocycles. The molecule has 0 radical (unpaired) electrons. The lowest BCUT2D eigenvalue weighted by Crippen LogP contribution is -2.39. The number of morpholine rings is 1. The lowest BCUT2D eigenvalue weighted by Gasteiger charge is -2.26. The van der Waals surface area contributed by atoms with Gasteiger partial charge in [-0.05, 0) is 42.0 Å². The molecule has 0 spiro atoms. The van der Waals surface area contributed by atoms with Gasteiger partial charge in [-0.25, -0.2) is 4.99 Å². The van der Waals surface area contributed by atoms with E-state index in [4.69, 9.17) is 14.5 Å². The summed E-state index contributed by atoms with van der Waals surface area (Å²) in [6, 6.07) is 18.4. The van der Waals surface area contributed by atoms with Gasteiger partial charge in [0.1, 0.15) is 5.75 Å². The second-order valence-electron chi connectivity index (χ2n) is 6.69. The average Bonchev–Trinajstić information content (AvgIpc) is 3.16. The summed E-state index contributed by atoms with van der Waals surface area (Å²) in [5, 5.41) is 2.20. The van der Waals surface area contributed by atoms with Crippen LogP contribution in [0, 0.1) is 0 Å². The highest BCUT2D eigenvalue weighted by atomic mass is 79.9. The van der Waals surface area contributed by atoms with Crippen LogP contribution in [0.3, 0.4) is 0 Å². The third-order valence-electron chi connectivity index (χ3n) is 4.91. The number of nitrogens with zero attached hydrogens (tertiary/aromatic N) is 3. The Balaban J connectivity index is 0.00000240. The van der Waals surface area contributed by atoms with Crippen LogP contribution in [-0.2, 0) is 11.3 Å². The number of ether oxygens (including phenoxy) is 2. The molecule has 1 aromatic heterocycles. The quantitative estimate of drug-likeness (QED) is 0.531. The first-order valence-corrected chi connectivity index (χ1v) is 10.4. The van der Waals surface area contributed by atoms with Gasteiger partial charge in [0.2, 0.25) is 0 Å². The van der Waals surface area contributed by atoms with Gasteiger partial charge in [-0.2, -0.15) is 0 Å². The second-order valence-corrected chi connectivity index (χ2v) is 7.52. The van der Waals surface area contributed by atoms with Gasteiger partial charge < -0.3 is 14.0 Å². The summed E-state index contributed by atoms with van der Waals surface area (Å²) in [4.78, 5) is 8.37. The normalized spacial score (nSPS) is 15.1. The number of rotatable bonds is 6. The largest absolute Gasteiger partial charge is 0.497 e. The maximum atomic E-state index is 5.48. The molecule has 0 N–H and O–H groups in total. The molecule has 0 atom stereocenters. The van der Waals surface area contributed by atoms with Gasteiger partial charge in [-0.3, -0.25) is 4.90 Å². The molecule has 7 heteroatoms. The Hall–Kier alpha value is -1.93. The summed E-state index contributed by atoms with van der Waals surface area (Å²) in [6.45, 7) is 5.52. The number of benzene rings is 2. The van der Waals surface area contributed by atoms with E-state index in [1.807, 2.05) is 42.5 Å². The Morgan fingerprint density at radius 1 is 1.00 bits per heavy atom. The lowest BCUT2D eigenvalue weighted by atomic mass is 10.1. The topological polar surface area (TPSA) is 39.0 Å². The lowest BCUT2D eigenvalue weighted by molar-refractivity contribution is 0.0363. The first-order chi connectivity index (χ1) is 13.8. The summed E-state index contributed by atoms with van der Waals surface area (Å²) in [5.41, 5.74) is 3.34. The maximum Gasteiger partial charge on any atom is 0.190 e. The molecule has 0 aliphatic carbocycles. The molecule has 3 aromatic rings. The summed E-state index contributed by atoms with van der Waals surface area (Å²) in [7, 11) is 1.69. The van der Waals surface area contributed by atoms with Gasteiger partial charge in [0.15, 0.2) is 4.80 Å². The highest BCUT2D eigenvalue weighted by molar-refractivity contribution is 8.93. The van der Waals surface area contributed by atoms with E-state index in [0.29, 0.717) is 0 Å². The number of halogens is 1. The van der Waals surface area contributed by atoms with Gasteiger partial charge in [0.25, 0.3) is 0 Å². The smallest absolute Gasteiger partial charge is 0.190 e. The molecule has 1 aliphatic rings. The number of methoxy groups -OCH3 is 1.